The van der Waals surface area contributed by atoms with Crippen molar-refractivity contribution in [3.05, 3.63) is 0 Å². The lowest BCUT2D eigenvalue weighted by molar-refractivity contribution is -0.0618. The number of fused-ring (bicyclic) bond motifs is 7. The van der Waals surface area contributed by atoms with Crippen LogP contribution in [0, 0.1) is 64.6 Å². The highest BCUT2D eigenvalue weighted by Crippen LogP contribution is 2.74. The van der Waals surface area contributed by atoms with Gasteiger partial charge in [-0.15, -0.1) is 0 Å². The van der Waals surface area contributed by atoms with Gasteiger partial charge in [0.15, 0.2) is 0 Å². The van der Waals surface area contributed by atoms with Crippen molar-refractivity contribution in [1.29, 1.82) is 0 Å². The van der Waals surface area contributed by atoms with E-state index < -0.39 is 0 Å². The van der Waals surface area contributed by atoms with Crippen molar-refractivity contribution >= 4 is 0 Å². The maximum absolute atomic E-state index is 3.58. The molecule has 0 N–H and O–H groups in total. The molecule has 0 heterocycles. The molecule has 0 saturated heterocycles. The summed E-state index contributed by atoms with van der Waals surface area (Å²) in [5.74, 6) is 10.5. The van der Waals surface area contributed by atoms with E-state index in [0.29, 0.717) is 5.41 Å². The molecule has 15 rings (SSSR count). The lowest BCUT2D eigenvalue weighted by atomic mass is 9.56. The van der Waals surface area contributed by atoms with E-state index >= 15 is 0 Å². The van der Waals surface area contributed by atoms with Gasteiger partial charge in [0.1, 0.15) is 0 Å². The van der Waals surface area contributed by atoms with Gasteiger partial charge in [-0.2, -0.15) is 0 Å². The summed E-state index contributed by atoms with van der Waals surface area (Å²) in [4.78, 5) is 13.8. The second kappa shape index (κ2) is 28.6. The molecule has 0 aromatic heterocycles. The monoisotopic (exact) mass is 1170 g/mol. The van der Waals surface area contributed by atoms with Gasteiger partial charge < -0.3 is 0 Å². The molecule has 85 heavy (non-hydrogen) atoms. The predicted octanol–water partition coefficient (Wildman–Crippen LogP) is 21.6. The van der Waals surface area contributed by atoms with Crippen LogP contribution in [0.25, 0.3) is 0 Å². The van der Waals surface area contributed by atoms with Crippen LogP contribution < -0.4 is 0 Å². The Hall–Kier alpha value is -0.160. The minimum Gasteiger partial charge on any atom is -0.294 e. The molecule has 4 heteroatoms. The molecule has 482 valence electrons. The second-order valence-electron chi connectivity index (χ2n) is 35.6. The Kier molecular flexibility index (Phi) is 20.5. The number of hydrogen-bond acceptors (Lipinski definition) is 4. The zero-order chi connectivity index (χ0) is 56.5. The van der Waals surface area contributed by atoms with Crippen molar-refractivity contribution in [2.24, 2.45) is 64.6 Å². The molecular formula is C81H138N4. The Morgan fingerprint density at radius 1 is 0.165 bits per heavy atom. The third-order valence-electron chi connectivity index (χ3n) is 31.9. The summed E-state index contributed by atoms with van der Waals surface area (Å²) >= 11 is 0. The van der Waals surface area contributed by atoms with Crippen LogP contribution in [0.1, 0.15) is 372 Å². The van der Waals surface area contributed by atoms with Crippen molar-refractivity contribution in [3.8, 4) is 0 Å². The van der Waals surface area contributed by atoms with Gasteiger partial charge in [-0.1, -0.05) is 186 Å². The van der Waals surface area contributed by atoms with Gasteiger partial charge in [0.2, 0.25) is 0 Å². The minimum absolute atomic E-state index is 0.666. The second-order valence-corrected chi connectivity index (χ2v) is 35.6. The SMILES string of the molecule is C1CCC(C2CCCC(N(C3CCC(N(C4CCCCC4)C4CCCCC4)CC3)C3CCC4C5CCC(N(C6CCC(N(C7CCCCC7)C7CCCCC7)CC6)C6CCCC(C7CCCCC7)C6)CC5C5(CCC6CCCCC65)C4C3)C2)CC1. The molecule has 15 saturated carbocycles. The third-order valence-corrected chi connectivity index (χ3v) is 31.9. The zero-order valence-corrected chi connectivity index (χ0v) is 56.0. The molecule has 0 radical (unpaired) electrons. The average molecular weight is 1170 g/mol. The van der Waals surface area contributed by atoms with Crippen LogP contribution in [0.2, 0.25) is 0 Å². The smallest absolute Gasteiger partial charge is 0.0104 e. The molecule has 0 amide bonds. The van der Waals surface area contributed by atoms with Crippen LogP contribution in [0.3, 0.4) is 0 Å². The Labute approximate surface area is 526 Å². The van der Waals surface area contributed by atoms with Crippen molar-refractivity contribution in [1.82, 2.24) is 19.6 Å². The van der Waals surface area contributed by atoms with Crippen molar-refractivity contribution in [3.63, 3.8) is 0 Å². The topological polar surface area (TPSA) is 13.0 Å². The minimum atomic E-state index is 0.666. The van der Waals surface area contributed by atoms with Gasteiger partial charge in [-0.25, -0.2) is 0 Å². The van der Waals surface area contributed by atoms with E-state index in [2.05, 4.69) is 19.6 Å². The van der Waals surface area contributed by atoms with Gasteiger partial charge in [0.25, 0.3) is 0 Å². The summed E-state index contributed by atoms with van der Waals surface area (Å²) in [6, 6.07) is 10.7. The van der Waals surface area contributed by atoms with Crippen LogP contribution in [0.4, 0.5) is 0 Å². The highest BCUT2D eigenvalue weighted by molar-refractivity contribution is 5.17. The first kappa shape index (κ1) is 61.0. The molecular weight excluding hydrogens is 1030 g/mol. The van der Waals surface area contributed by atoms with E-state index in [1.165, 1.54) is 218 Å². The lowest BCUT2D eigenvalue weighted by Crippen LogP contribution is -2.58. The summed E-state index contributed by atoms with van der Waals surface area (Å²) < 4.78 is 0. The summed E-state index contributed by atoms with van der Waals surface area (Å²) in [5.41, 5.74) is 0.666. The fourth-order valence-corrected chi connectivity index (χ4v) is 28.6. The van der Waals surface area contributed by atoms with Gasteiger partial charge in [0, 0.05) is 72.5 Å². The number of hydrogen-bond donors (Lipinski definition) is 0. The van der Waals surface area contributed by atoms with E-state index in [9.17, 15) is 0 Å². The quantitative estimate of drug-likeness (QED) is 0.172. The Balaban J connectivity index is 0.712. The van der Waals surface area contributed by atoms with E-state index in [1.54, 1.807) is 154 Å². The first-order chi connectivity index (χ1) is 42.1. The summed E-state index contributed by atoms with van der Waals surface area (Å²) in [6.45, 7) is 0. The molecule has 0 aliphatic heterocycles. The van der Waals surface area contributed by atoms with Crippen molar-refractivity contribution < 1.29 is 0 Å². The lowest BCUT2D eigenvalue weighted by Gasteiger charge is -2.55. The van der Waals surface area contributed by atoms with Gasteiger partial charge >= 0.3 is 0 Å². The Morgan fingerprint density at radius 3 is 0.800 bits per heavy atom. The first-order valence-corrected chi connectivity index (χ1v) is 41.2. The molecule has 0 bridgehead atoms. The van der Waals surface area contributed by atoms with E-state index in [-0.39, 0.29) is 0 Å². The first-order valence-electron chi connectivity index (χ1n) is 41.2. The highest BCUT2D eigenvalue weighted by Gasteiger charge is 2.68. The van der Waals surface area contributed by atoms with Crippen molar-refractivity contribution in [2.45, 2.75) is 445 Å². The fourth-order valence-electron chi connectivity index (χ4n) is 28.6. The van der Waals surface area contributed by atoms with Crippen LogP contribution in [-0.2, 0) is 0 Å². The molecule has 15 aliphatic carbocycles. The van der Waals surface area contributed by atoms with E-state index in [0.717, 1.165) is 132 Å². The maximum Gasteiger partial charge on any atom is 0.0104 e. The number of rotatable bonds is 14. The Bertz CT molecular complexity index is 1840. The van der Waals surface area contributed by atoms with Gasteiger partial charge in [-0.05, 0) is 251 Å². The molecule has 12 atom stereocenters. The standard InChI is InChI=1S/C81H138N4/c1-7-23-59(24-8-1)62-28-21-38-72(55-62)84(70-45-41-68(42-46-70)82(64-30-11-3-12-31-64)65-32-13-4-14-33-65)74-49-51-76-77-52-50-75(58-80(77)81(79(76)57-74)54-53-61-27-19-20-40-78(61)81)85(73-39-22-29-63(56-73)60-25-9-2-10-26-60)71-47-43-69(44-48-71)83(66-34-15-5-16-35-66)67-36-17-6-18-37-67/h59-80H,1-58H2. The number of nitrogens with zero attached hydrogens (tertiary/aromatic N) is 4. The van der Waals surface area contributed by atoms with E-state index in [4.69, 9.17) is 0 Å². The van der Waals surface area contributed by atoms with Crippen molar-refractivity contribution in [2.75, 3.05) is 0 Å². The summed E-state index contributed by atoms with van der Waals surface area (Å²) in [7, 11) is 0. The maximum atomic E-state index is 3.58. The molecule has 15 aliphatic rings. The van der Waals surface area contributed by atoms with Crippen LogP contribution in [0.15, 0.2) is 0 Å². The predicted molar refractivity (Wildman–Crippen MR) is 358 cm³/mol. The largest absolute Gasteiger partial charge is 0.294 e. The van der Waals surface area contributed by atoms with E-state index in [1.807, 2.05) is 0 Å². The fraction of sp³-hybridized carbons (Fsp3) is 1.00. The van der Waals surface area contributed by atoms with Crippen LogP contribution in [0.5, 0.6) is 0 Å². The van der Waals surface area contributed by atoms with Gasteiger partial charge in [0.05, 0.1) is 0 Å². The molecule has 4 nitrogen and oxygen atoms in total. The Morgan fingerprint density at radius 2 is 0.424 bits per heavy atom. The molecule has 12 unspecified atom stereocenters. The van der Waals surface area contributed by atoms with Crippen LogP contribution >= 0.6 is 0 Å². The summed E-state index contributed by atoms with van der Waals surface area (Å²) in [6.07, 6.45) is 89.9. The highest BCUT2D eigenvalue weighted by atomic mass is 15.3. The molecule has 15 fully saturated rings. The third kappa shape index (κ3) is 12.9. The molecule has 0 aromatic carbocycles. The summed E-state index contributed by atoms with van der Waals surface area (Å²) in [5, 5.41) is 0. The molecule has 1 spiro atoms. The average Bonchev–Trinajstić information content (AvgIpc) is 2.37. The normalized spacial score (nSPS) is 44.0. The van der Waals surface area contributed by atoms with Crippen LogP contribution in [-0.4, -0.2) is 92.1 Å². The molecule has 0 aromatic rings. The zero-order valence-electron chi connectivity index (χ0n) is 56.0. The van der Waals surface area contributed by atoms with Gasteiger partial charge in [-0.3, -0.25) is 19.6 Å².